The number of aliphatic hydroxyl groups is 1. The lowest BCUT2D eigenvalue weighted by Gasteiger charge is -2.41. The van der Waals surface area contributed by atoms with E-state index >= 15 is 0 Å². The van der Waals surface area contributed by atoms with Crippen LogP contribution in [0.3, 0.4) is 0 Å². The molecule has 2 unspecified atom stereocenters. The zero-order valence-electron chi connectivity index (χ0n) is 12.8. The average molecular weight is 301 g/mol. The molecule has 0 amide bonds. The number of anilines is 1. The van der Waals surface area contributed by atoms with Crippen LogP contribution in [0.1, 0.15) is 44.2 Å². The topological polar surface area (TPSA) is 85.1 Å². The van der Waals surface area contributed by atoms with Crippen molar-refractivity contribution in [3.8, 4) is 6.07 Å². The normalized spacial score (nSPS) is 27.3. The summed E-state index contributed by atoms with van der Waals surface area (Å²) < 4.78 is 0. The van der Waals surface area contributed by atoms with E-state index in [-0.39, 0.29) is 6.10 Å². The number of nitrogens with one attached hydrogen (secondary N) is 1. The Kier molecular flexibility index (Phi) is 4.86. The van der Waals surface area contributed by atoms with Crippen molar-refractivity contribution in [2.75, 3.05) is 18.4 Å². The van der Waals surface area contributed by atoms with Crippen LogP contribution < -0.4 is 5.32 Å². The summed E-state index contributed by atoms with van der Waals surface area (Å²) in [6, 6.07) is 2.73. The van der Waals surface area contributed by atoms with Crippen molar-refractivity contribution < 1.29 is 5.11 Å². The Bertz CT molecular complexity index is 536. The molecule has 3 rings (SSSR count). The second-order valence-corrected chi connectivity index (χ2v) is 6.24. The highest BCUT2D eigenvalue weighted by Gasteiger charge is 2.31. The lowest BCUT2D eigenvalue weighted by molar-refractivity contribution is 0.00992. The Hall–Kier alpha value is -1.71. The maximum Gasteiger partial charge on any atom is 0.182 e. The molecule has 1 saturated carbocycles. The minimum absolute atomic E-state index is 0.163. The molecule has 2 fully saturated rings. The number of piperidine rings is 1. The van der Waals surface area contributed by atoms with Crippen molar-refractivity contribution in [3.05, 3.63) is 18.1 Å². The summed E-state index contributed by atoms with van der Waals surface area (Å²) in [5, 5.41) is 22.6. The molecule has 1 saturated heterocycles. The monoisotopic (exact) mass is 301 g/mol. The van der Waals surface area contributed by atoms with Gasteiger partial charge in [0.25, 0.3) is 0 Å². The van der Waals surface area contributed by atoms with Crippen LogP contribution in [-0.4, -0.2) is 51.3 Å². The zero-order valence-corrected chi connectivity index (χ0v) is 12.8. The van der Waals surface area contributed by atoms with Crippen molar-refractivity contribution >= 4 is 5.82 Å². The number of nitriles is 1. The maximum absolute atomic E-state index is 10.2. The summed E-state index contributed by atoms with van der Waals surface area (Å²) in [5.74, 6) is 0.584. The molecule has 0 spiro atoms. The Morgan fingerprint density at radius 1 is 1.14 bits per heavy atom. The van der Waals surface area contributed by atoms with E-state index in [4.69, 9.17) is 5.26 Å². The first-order valence-corrected chi connectivity index (χ1v) is 8.17. The number of hydrogen-bond donors (Lipinski definition) is 2. The molecule has 0 radical (unpaired) electrons. The third kappa shape index (κ3) is 3.37. The van der Waals surface area contributed by atoms with Gasteiger partial charge in [-0.15, -0.1) is 0 Å². The first-order valence-electron chi connectivity index (χ1n) is 8.17. The number of hydrogen-bond acceptors (Lipinski definition) is 6. The van der Waals surface area contributed by atoms with Gasteiger partial charge in [0.2, 0.25) is 0 Å². The quantitative estimate of drug-likeness (QED) is 0.880. The second-order valence-electron chi connectivity index (χ2n) is 6.24. The fourth-order valence-electron chi connectivity index (χ4n) is 3.61. The third-order valence-corrected chi connectivity index (χ3v) is 4.84. The molecule has 2 atom stereocenters. The van der Waals surface area contributed by atoms with Gasteiger partial charge in [-0.05, 0) is 25.7 Å². The number of likely N-dealkylation sites (tertiary alicyclic amines) is 1. The molecule has 1 aromatic heterocycles. The first-order chi connectivity index (χ1) is 10.8. The molecule has 2 heterocycles. The van der Waals surface area contributed by atoms with E-state index in [1.54, 1.807) is 6.20 Å². The van der Waals surface area contributed by atoms with Crippen molar-refractivity contribution in [1.29, 1.82) is 5.26 Å². The summed E-state index contributed by atoms with van der Waals surface area (Å²) in [5.41, 5.74) is 0.354. The highest BCUT2D eigenvalue weighted by molar-refractivity contribution is 5.47. The van der Waals surface area contributed by atoms with E-state index in [0.29, 0.717) is 23.6 Å². The highest BCUT2D eigenvalue weighted by atomic mass is 16.3. The molecule has 0 aromatic carbocycles. The van der Waals surface area contributed by atoms with Crippen molar-refractivity contribution in [1.82, 2.24) is 14.9 Å². The fourth-order valence-corrected chi connectivity index (χ4v) is 3.61. The van der Waals surface area contributed by atoms with Gasteiger partial charge in [0.1, 0.15) is 6.07 Å². The second kappa shape index (κ2) is 7.03. The van der Waals surface area contributed by atoms with Gasteiger partial charge >= 0.3 is 0 Å². The fraction of sp³-hybridized carbons (Fsp3) is 0.688. The zero-order chi connectivity index (χ0) is 15.4. The molecule has 118 valence electrons. The van der Waals surface area contributed by atoms with Gasteiger partial charge in [-0.3, -0.25) is 4.90 Å². The third-order valence-electron chi connectivity index (χ3n) is 4.84. The van der Waals surface area contributed by atoms with E-state index in [0.717, 1.165) is 45.2 Å². The molecule has 1 aliphatic carbocycles. The van der Waals surface area contributed by atoms with Crippen LogP contribution in [0, 0.1) is 11.3 Å². The maximum atomic E-state index is 10.2. The Morgan fingerprint density at radius 2 is 1.86 bits per heavy atom. The van der Waals surface area contributed by atoms with Crippen LogP contribution >= 0.6 is 0 Å². The predicted molar refractivity (Wildman–Crippen MR) is 83.2 cm³/mol. The van der Waals surface area contributed by atoms with Gasteiger partial charge in [0.15, 0.2) is 11.5 Å². The Labute approximate surface area is 131 Å². The smallest absolute Gasteiger partial charge is 0.182 e. The molecule has 0 bridgehead atoms. The minimum Gasteiger partial charge on any atom is -0.391 e. The van der Waals surface area contributed by atoms with E-state index in [1.165, 1.54) is 12.6 Å². The summed E-state index contributed by atoms with van der Waals surface area (Å²) in [7, 11) is 0. The van der Waals surface area contributed by atoms with Crippen LogP contribution in [0.4, 0.5) is 5.82 Å². The summed E-state index contributed by atoms with van der Waals surface area (Å²) in [6.07, 6.45) is 9.42. The van der Waals surface area contributed by atoms with E-state index in [1.807, 2.05) is 0 Å². The largest absolute Gasteiger partial charge is 0.391 e. The van der Waals surface area contributed by atoms with E-state index in [2.05, 4.69) is 26.3 Å². The van der Waals surface area contributed by atoms with Crippen LogP contribution in [0.25, 0.3) is 0 Å². The van der Waals surface area contributed by atoms with E-state index < -0.39 is 0 Å². The number of aromatic nitrogens is 2. The summed E-state index contributed by atoms with van der Waals surface area (Å²) in [6.45, 7) is 1.98. The highest BCUT2D eigenvalue weighted by Crippen LogP contribution is 2.26. The molecule has 2 aliphatic rings. The van der Waals surface area contributed by atoms with Crippen LogP contribution in [0.2, 0.25) is 0 Å². The minimum atomic E-state index is -0.163. The van der Waals surface area contributed by atoms with Gasteiger partial charge in [0.05, 0.1) is 6.10 Å². The molecule has 22 heavy (non-hydrogen) atoms. The van der Waals surface area contributed by atoms with Crippen LogP contribution in [0.5, 0.6) is 0 Å². The van der Waals surface area contributed by atoms with Gasteiger partial charge in [-0.2, -0.15) is 5.26 Å². The molecular formula is C16H23N5O. The summed E-state index contributed by atoms with van der Waals surface area (Å²) >= 11 is 0. The van der Waals surface area contributed by atoms with Crippen molar-refractivity contribution in [3.63, 3.8) is 0 Å². The Morgan fingerprint density at radius 3 is 2.59 bits per heavy atom. The van der Waals surface area contributed by atoms with Gasteiger partial charge < -0.3 is 10.4 Å². The molecule has 1 aromatic rings. The number of rotatable bonds is 3. The average Bonchev–Trinajstić information content (AvgIpc) is 2.57. The number of nitrogens with zero attached hydrogens (tertiary/aromatic N) is 4. The van der Waals surface area contributed by atoms with Crippen molar-refractivity contribution in [2.24, 2.45) is 0 Å². The van der Waals surface area contributed by atoms with Crippen LogP contribution in [0.15, 0.2) is 12.4 Å². The molecular weight excluding hydrogens is 278 g/mol. The van der Waals surface area contributed by atoms with Gasteiger partial charge in [-0.25, -0.2) is 9.97 Å². The first kappa shape index (κ1) is 15.2. The Balaban J connectivity index is 1.54. The molecule has 6 heteroatoms. The lowest BCUT2D eigenvalue weighted by atomic mass is 9.89. The van der Waals surface area contributed by atoms with Crippen LogP contribution in [-0.2, 0) is 0 Å². The molecule has 2 N–H and O–H groups in total. The number of aliphatic hydroxyl groups excluding tert-OH is 1. The van der Waals surface area contributed by atoms with E-state index in [9.17, 15) is 5.11 Å². The van der Waals surface area contributed by atoms with Crippen molar-refractivity contribution in [2.45, 2.75) is 56.7 Å². The molecule has 1 aliphatic heterocycles. The van der Waals surface area contributed by atoms with Gasteiger partial charge in [0, 0.05) is 37.6 Å². The summed E-state index contributed by atoms with van der Waals surface area (Å²) in [4.78, 5) is 10.7. The molecule has 6 nitrogen and oxygen atoms in total. The lowest BCUT2D eigenvalue weighted by Crippen LogP contribution is -2.50. The standard InChI is InChI=1S/C16H23N5O/c17-11-13-16(19-8-7-18-13)20-12-5-9-21(10-6-12)14-3-1-2-4-15(14)22/h7-8,12,14-15,22H,1-6,9-10H2,(H,19,20). The predicted octanol–water partition coefficient (Wildman–Crippen LogP) is 1.53. The van der Waals surface area contributed by atoms with Gasteiger partial charge in [-0.1, -0.05) is 12.8 Å². The SMILES string of the molecule is N#Cc1nccnc1NC1CCN(C2CCCCC2O)CC1.